The summed E-state index contributed by atoms with van der Waals surface area (Å²) in [6, 6.07) is 3.37. The molecule has 1 atom stereocenters. The highest BCUT2D eigenvalue weighted by Gasteiger charge is 2.26. The van der Waals surface area contributed by atoms with E-state index in [0.717, 1.165) is 6.92 Å². The number of amides is 1. The molecule has 104 valence electrons. The van der Waals surface area contributed by atoms with E-state index in [1.807, 2.05) is 0 Å². The lowest BCUT2D eigenvalue weighted by atomic mass is 10.3. The molecule has 0 bridgehead atoms. The molecule has 1 unspecified atom stereocenters. The molecule has 0 spiro atoms. The molecular formula is C11H14N2O5S. The van der Waals surface area contributed by atoms with Crippen molar-refractivity contribution < 1.29 is 23.1 Å². The van der Waals surface area contributed by atoms with Crippen LogP contribution in [-0.4, -0.2) is 42.2 Å². The summed E-state index contributed by atoms with van der Waals surface area (Å²) in [7, 11) is -3.68. The first-order chi connectivity index (χ1) is 8.80. The molecule has 0 aliphatic carbocycles. The first-order valence-corrected chi connectivity index (χ1v) is 7.22. The zero-order valence-corrected chi connectivity index (χ0v) is 11.1. The molecule has 0 saturated heterocycles. The number of carbonyl (C=O) groups is 2. The van der Waals surface area contributed by atoms with Crippen LogP contribution in [0.1, 0.15) is 12.6 Å². The van der Waals surface area contributed by atoms with Crippen LogP contribution >= 0.6 is 0 Å². The van der Waals surface area contributed by atoms with Gasteiger partial charge in [-0.2, -0.15) is 0 Å². The molecule has 1 heterocycles. The van der Waals surface area contributed by atoms with Gasteiger partial charge in [0.25, 0.3) is 0 Å². The number of pyridine rings is 1. The van der Waals surface area contributed by atoms with Gasteiger partial charge in [-0.05, 0) is 12.1 Å². The number of sulfone groups is 1. The van der Waals surface area contributed by atoms with E-state index in [9.17, 15) is 18.0 Å². The van der Waals surface area contributed by atoms with Gasteiger partial charge < -0.3 is 10.4 Å². The van der Waals surface area contributed by atoms with Gasteiger partial charge in [-0.1, -0.05) is 6.07 Å². The summed E-state index contributed by atoms with van der Waals surface area (Å²) in [6.07, 6.45) is 1.45. The van der Waals surface area contributed by atoms with E-state index in [4.69, 9.17) is 5.11 Å². The van der Waals surface area contributed by atoms with Gasteiger partial charge in [-0.3, -0.25) is 9.78 Å². The molecule has 0 aliphatic rings. The van der Waals surface area contributed by atoms with Gasteiger partial charge >= 0.3 is 5.97 Å². The van der Waals surface area contributed by atoms with Gasteiger partial charge in [0.1, 0.15) is 6.04 Å². The highest BCUT2D eigenvalue weighted by Crippen LogP contribution is 2.05. The molecule has 0 saturated carbocycles. The van der Waals surface area contributed by atoms with Gasteiger partial charge in [-0.25, -0.2) is 13.2 Å². The monoisotopic (exact) mass is 286 g/mol. The lowest BCUT2D eigenvalue weighted by Crippen LogP contribution is -2.44. The number of nitrogens with zero attached hydrogens (tertiary/aromatic N) is 1. The first kappa shape index (κ1) is 15.1. The number of aromatic nitrogens is 1. The molecule has 1 aromatic rings. The fraction of sp³-hybridized carbons (Fsp3) is 0.364. The summed E-state index contributed by atoms with van der Waals surface area (Å²) in [5.74, 6) is -3.02. The Bertz CT molecular complexity index is 556. The predicted molar refractivity (Wildman–Crippen MR) is 67.0 cm³/mol. The Labute approximate surface area is 110 Å². The Hall–Kier alpha value is -1.96. The number of rotatable bonds is 6. The van der Waals surface area contributed by atoms with Crippen molar-refractivity contribution in [1.82, 2.24) is 10.3 Å². The van der Waals surface area contributed by atoms with Crippen LogP contribution in [-0.2, 0) is 25.2 Å². The van der Waals surface area contributed by atoms with Crippen molar-refractivity contribution in [3.63, 3.8) is 0 Å². The molecule has 2 N–H and O–H groups in total. The van der Waals surface area contributed by atoms with Crippen LogP contribution in [0.2, 0.25) is 0 Å². The third-order valence-corrected chi connectivity index (χ3v) is 3.77. The highest BCUT2D eigenvalue weighted by molar-refractivity contribution is 7.90. The van der Waals surface area contributed by atoms with Crippen LogP contribution in [0.5, 0.6) is 0 Å². The van der Waals surface area contributed by atoms with Gasteiger partial charge in [0, 0.05) is 13.1 Å². The van der Waals surface area contributed by atoms with Gasteiger partial charge in [0.05, 0.1) is 17.2 Å². The minimum atomic E-state index is -3.68. The summed E-state index contributed by atoms with van der Waals surface area (Å²) in [5, 5.41) is 10.9. The van der Waals surface area contributed by atoms with Crippen molar-refractivity contribution in [3.8, 4) is 0 Å². The largest absolute Gasteiger partial charge is 0.480 e. The molecule has 0 aromatic carbocycles. The first-order valence-electron chi connectivity index (χ1n) is 5.40. The van der Waals surface area contributed by atoms with Crippen molar-refractivity contribution in [2.24, 2.45) is 0 Å². The molecule has 0 aliphatic heterocycles. The van der Waals surface area contributed by atoms with Crippen molar-refractivity contribution in [1.29, 1.82) is 0 Å². The van der Waals surface area contributed by atoms with Crippen LogP contribution < -0.4 is 5.32 Å². The number of carbonyl (C=O) groups excluding carboxylic acids is 1. The topological polar surface area (TPSA) is 113 Å². The number of carboxylic acid groups (broad SMARTS) is 1. The summed E-state index contributed by atoms with van der Waals surface area (Å²) in [4.78, 5) is 25.6. The molecule has 1 amide bonds. The lowest BCUT2D eigenvalue weighted by molar-refractivity contribution is -0.140. The van der Waals surface area contributed by atoms with Crippen LogP contribution in [0, 0.1) is 0 Å². The van der Waals surface area contributed by atoms with E-state index in [1.54, 1.807) is 12.1 Å². The summed E-state index contributed by atoms with van der Waals surface area (Å²) in [6.45, 7) is 1.13. The minimum absolute atomic E-state index is 0.328. The maximum absolute atomic E-state index is 11.8. The third kappa shape index (κ3) is 5.47. The Balaban J connectivity index is 2.77. The summed E-state index contributed by atoms with van der Waals surface area (Å²) in [5.41, 5.74) is 0.328. The number of hydrogen-bond donors (Lipinski definition) is 2. The van der Waals surface area contributed by atoms with E-state index in [-0.39, 0.29) is 5.75 Å². The normalized spacial score (nSPS) is 12.7. The standard InChI is InChI=1S/C11H14N2O5S/c1-8(14)13-10(11(15)16)7-19(17,18)6-9-4-2-3-5-12-9/h2-5,10H,6-7H2,1H3,(H,13,14)(H,15,16). The number of aliphatic carboxylic acids is 1. The number of carboxylic acids is 1. The van der Waals surface area contributed by atoms with Crippen molar-refractivity contribution >= 4 is 21.7 Å². The average molecular weight is 286 g/mol. The Morgan fingerprint density at radius 1 is 1.42 bits per heavy atom. The lowest BCUT2D eigenvalue weighted by Gasteiger charge is -2.13. The molecule has 1 rings (SSSR count). The molecule has 0 fully saturated rings. The summed E-state index contributed by atoms with van der Waals surface area (Å²) >= 11 is 0. The molecule has 8 heteroatoms. The van der Waals surface area contributed by atoms with E-state index >= 15 is 0 Å². The van der Waals surface area contributed by atoms with Crippen molar-refractivity contribution in [3.05, 3.63) is 30.1 Å². The van der Waals surface area contributed by atoms with Crippen LogP contribution in [0.3, 0.4) is 0 Å². The third-order valence-electron chi connectivity index (χ3n) is 2.19. The van der Waals surface area contributed by atoms with Crippen LogP contribution in [0.15, 0.2) is 24.4 Å². The van der Waals surface area contributed by atoms with E-state index in [2.05, 4.69) is 10.3 Å². The Morgan fingerprint density at radius 3 is 2.58 bits per heavy atom. The van der Waals surface area contributed by atoms with E-state index in [0.29, 0.717) is 5.69 Å². The van der Waals surface area contributed by atoms with Gasteiger partial charge in [0.15, 0.2) is 9.84 Å². The van der Waals surface area contributed by atoms with Gasteiger partial charge in [0.2, 0.25) is 5.91 Å². The van der Waals surface area contributed by atoms with E-state index in [1.165, 1.54) is 12.3 Å². The average Bonchev–Trinajstić information content (AvgIpc) is 2.27. The zero-order valence-electron chi connectivity index (χ0n) is 10.2. The SMILES string of the molecule is CC(=O)NC(CS(=O)(=O)Cc1ccccn1)C(=O)O. The number of nitrogens with one attached hydrogen (secondary N) is 1. The Morgan fingerprint density at radius 2 is 2.11 bits per heavy atom. The van der Waals surface area contributed by atoms with Crippen LogP contribution in [0.4, 0.5) is 0 Å². The molecule has 0 radical (unpaired) electrons. The summed E-state index contributed by atoms with van der Waals surface area (Å²) < 4.78 is 23.7. The second-order valence-corrected chi connectivity index (χ2v) is 6.08. The zero-order chi connectivity index (χ0) is 14.5. The predicted octanol–water partition coefficient (Wildman–Crippen LogP) is -0.414. The van der Waals surface area contributed by atoms with Gasteiger partial charge in [-0.15, -0.1) is 0 Å². The van der Waals surface area contributed by atoms with Crippen LogP contribution in [0.25, 0.3) is 0 Å². The quantitative estimate of drug-likeness (QED) is 0.734. The molecular weight excluding hydrogens is 272 g/mol. The maximum Gasteiger partial charge on any atom is 0.327 e. The molecule has 7 nitrogen and oxygen atoms in total. The van der Waals surface area contributed by atoms with Crippen molar-refractivity contribution in [2.45, 2.75) is 18.7 Å². The maximum atomic E-state index is 11.8. The second kappa shape index (κ2) is 6.28. The minimum Gasteiger partial charge on any atom is -0.480 e. The van der Waals surface area contributed by atoms with E-state index < -0.39 is 33.5 Å². The number of hydrogen-bond acceptors (Lipinski definition) is 5. The smallest absolute Gasteiger partial charge is 0.327 e. The highest BCUT2D eigenvalue weighted by atomic mass is 32.2. The molecule has 1 aromatic heterocycles. The fourth-order valence-electron chi connectivity index (χ4n) is 1.44. The van der Waals surface area contributed by atoms with Crippen molar-refractivity contribution in [2.75, 3.05) is 5.75 Å². The molecule has 19 heavy (non-hydrogen) atoms. The fourth-order valence-corrected chi connectivity index (χ4v) is 2.91. The second-order valence-electron chi connectivity index (χ2n) is 3.97. The Kier molecular flexibility index (Phi) is 4.99.